The Morgan fingerprint density at radius 1 is 1.12 bits per heavy atom. The molecule has 0 radical (unpaired) electrons. The second kappa shape index (κ2) is 6.18. The minimum atomic E-state index is -0.448. The topological polar surface area (TPSA) is 79.0 Å². The Balaban J connectivity index is 1.47. The van der Waals surface area contributed by atoms with E-state index in [1.807, 2.05) is 13.1 Å². The first-order valence-corrected chi connectivity index (χ1v) is 8.27. The molecule has 0 spiro atoms. The zero-order valence-corrected chi connectivity index (χ0v) is 14.2. The largest absolute Gasteiger partial charge is 0.489 e. The van der Waals surface area contributed by atoms with Crippen LogP contribution < -0.4 is 15.0 Å². The maximum atomic E-state index is 12.3. The minimum absolute atomic E-state index is 0.329. The summed E-state index contributed by atoms with van der Waals surface area (Å²) in [6, 6.07) is 11.9. The van der Waals surface area contributed by atoms with E-state index < -0.39 is 17.7 Å². The zero-order chi connectivity index (χ0) is 18.3. The molecule has 2 heterocycles. The van der Waals surface area contributed by atoms with Gasteiger partial charge in [0.1, 0.15) is 18.9 Å². The third-order valence-corrected chi connectivity index (χ3v) is 4.52. The monoisotopic (exact) mass is 351 g/mol. The highest BCUT2D eigenvalue weighted by Gasteiger charge is 2.36. The molecule has 132 valence electrons. The van der Waals surface area contributed by atoms with Crippen LogP contribution in [0.2, 0.25) is 0 Å². The standard InChI is InChI=1S/C19H17N3O4/c1-21-8-9-26-16-10-12(6-7-15(16)21)20-17(23)11-22-18(24)13-4-2-3-5-14(13)19(22)25/h2-7,10H,8-9,11H2,1H3,(H,20,23). The third-order valence-electron chi connectivity index (χ3n) is 4.52. The van der Waals surface area contributed by atoms with Gasteiger partial charge in [0, 0.05) is 18.8 Å². The Bertz CT molecular complexity index is 890. The summed E-state index contributed by atoms with van der Waals surface area (Å²) < 4.78 is 5.61. The number of fused-ring (bicyclic) bond motifs is 2. The molecular weight excluding hydrogens is 334 g/mol. The van der Waals surface area contributed by atoms with E-state index in [2.05, 4.69) is 10.2 Å². The molecule has 3 amide bonds. The van der Waals surface area contributed by atoms with E-state index in [1.54, 1.807) is 36.4 Å². The highest BCUT2D eigenvalue weighted by atomic mass is 16.5. The van der Waals surface area contributed by atoms with E-state index in [0.29, 0.717) is 29.2 Å². The van der Waals surface area contributed by atoms with Crippen molar-refractivity contribution in [3.05, 3.63) is 53.6 Å². The van der Waals surface area contributed by atoms with Crippen LogP contribution in [0.15, 0.2) is 42.5 Å². The lowest BCUT2D eigenvalue weighted by Crippen LogP contribution is -2.37. The number of hydrogen-bond donors (Lipinski definition) is 1. The van der Waals surface area contributed by atoms with Crippen molar-refractivity contribution in [2.45, 2.75) is 0 Å². The molecule has 4 rings (SSSR count). The SMILES string of the molecule is CN1CCOc2cc(NC(=O)CN3C(=O)c4ccccc4C3=O)ccc21. The van der Waals surface area contributed by atoms with Crippen LogP contribution in [0.4, 0.5) is 11.4 Å². The van der Waals surface area contributed by atoms with Gasteiger partial charge in [-0.2, -0.15) is 0 Å². The molecule has 7 heteroatoms. The smallest absolute Gasteiger partial charge is 0.262 e. The van der Waals surface area contributed by atoms with Gasteiger partial charge in [0.2, 0.25) is 5.91 Å². The minimum Gasteiger partial charge on any atom is -0.489 e. The molecule has 2 aliphatic heterocycles. The fourth-order valence-electron chi connectivity index (χ4n) is 3.16. The molecule has 0 unspecified atom stereocenters. The second-order valence-electron chi connectivity index (χ2n) is 6.24. The van der Waals surface area contributed by atoms with Crippen LogP contribution in [-0.4, -0.2) is 49.4 Å². The highest BCUT2D eigenvalue weighted by molar-refractivity contribution is 6.22. The van der Waals surface area contributed by atoms with Gasteiger partial charge in [-0.25, -0.2) is 0 Å². The first-order valence-electron chi connectivity index (χ1n) is 8.27. The van der Waals surface area contributed by atoms with Crippen molar-refractivity contribution >= 4 is 29.1 Å². The molecule has 2 aromatic carbocycles. The highest BCUT2D eigenvalue weighted by Crippen LogP contribution is 2.33. The molecule has 1 N–H and O–H groups in total. The summed E-state index contributed by atoms with van der Waals surface area (Å²) in [5.41, 5.74) is 2.17. The summed E-state index contributed by atoms with van der Waals surface area (Å²) in [7, 11) is 1.97. The number of carbonyl (C=O) groups is 3. The summed E-state index contributed by atoms with van der Waals surface area (Å²) in [6.45, 7) is 1.05. The van der Waals surface area contributed by atoms with Crippen molar-refractivity contribution < 1.29 is 19.1 Å². The Labute approximate surface area is 150 Å². The summed E-state index contributed by atoms with van der Waals surface area (Å²) in [5, 5.41) is 2.72. The van der Waals surface area contributed by atoms with Crippen molar-refractivity contribution in [1.82, 2.24) is 4.90 Å². The van der Waals surface area contributed by atoms with Gasteiger partial charge >= 0.3 is 0 Å². The average Bonchev–Trinajstić information content (AvgIpc) is 2.87. The molecule has 0 saturated heterocycles. The number of hydrogen-bond acceptors (Lipinski definition) is 5. The number of rotatable bonds is 3. The summed E-state index contributed by atoms with van der Waals surface area (Å²) in [5.74, 6) is -0.645. The van der Waals surface area contributed by atoms with Crippen LogP contribution in [-0.2, 0) is 4.79 Å². The van der Waals surface area contributed by atoms with Crippen molar-refractivity contribution in [1.29, 1.82) is 0 Å². The quantitative estimate of drug-likeness (QED) is 0.853. The van der Waals surface area contributed by atoms with Crippen LogP contribution in [0.25, 0.3) is 0 Å². The number of likely N-dealkylation sites (N-methyl/N-ethyl adjacent to an activating group) is 1. The molecule has 0 aliphatic carbocycles. The van der Waals surface area contributed by atoms with Gasteiger partial charge in [-0.15, -0.1) is 0 Å². The van der Waals surface area contributed by atoms with Gasteiger partial charge in [0.05, 0.1) is 23.4 Å². The number of anilines is 2. The molecule has 2 aromatic rings. The Hall–Kier alpha value is -3.35. The molecule has 2 aliphatic rings. The number of nitrogens with one attached hydrogen (secondary N) is 1. The number of nitrogens with zero attached hydrogens (tertiary/aromatic N) is 2. The number of imide groups is 1. The summed E-state index contributed by atoms with van der Waals surface area (Å²) in [4.78, 5) is 40.0. The normalized spacial score (nSPS) is 15.4. The first-order chi connectivity index (χ1) is 12.5. The second-order valence-corrected chi connectivity index (χ2v) is 6.24. The number of ether oxygens (including phenoxy) is 1. The predicted molar refractivity (Wildman–Crippen MR) is 95.6 cm³/mol. The van der Waals surface area contributed by atoms with E-state index in [-0.39, 0.29) is 6.54 Å². The zero-order valence-electron chi connectivity index (χ0n) is 14.2. The molecule has 0 saturated carbocycles. The number of carbonyl (C=O) groups excluding carboxylic acids is 3. The molecule has 0 bridgehead atoms. The van der Waals surface area contributed by atoms with Crippen LogP contribution in [0, 0.1) is 0 Å². The Morgan fingerprint density at radius 2 is 1.81 bits per heavy atom. The van der Waals surface area contributed by atoms with E-state index in [1.165, 1.54) is 0 Å². The predicted octanol–water partition coefficient (Wildman–Crippen LogP) is 1.75. The van der Waals surface area contributed by atoms with Crippen molar-refractivity contribution in [3.8, 4) is 5.75 Å². The van der Waals surface area contributed by atoms with Crippen LogP contribution in [0.5, 0.6) is 5.75 Å². The van der Waals surface area contributed by atoms with Gasteiger partial charge in [-0.1, -0.05) is 12.1 Å². The third kappa shape index (κ3) is 2.67. The summed E-state index contributed by atoms with van der Waals surface area (Å²) in [6.07, 6.45) is 0. The summed E-state index contributed by atoms with van der Waals surface area (Å²) >= 11 is 0. The molecule has 0 fully saturated rings. The molecule has 26 heavy (non-hydrogen) atoms. The number of amides is 3. The van der Waals surface area contributed by atoms with Crippen molar-refractivity contribution in [2.24, 2.45) is 0 Å². The van der Waals surface area contributed by atoms with E-state index in [4.69, 9.17) is 4.74 Å². The molecular formula is C19H17N3O4. The fourth-order valence-corrected chi connectivity index (χ4v) is 3.16. The lowest BCUT2D eigenvalue weighted by Gasteiger charge is -2.28. The lowest BCUT2D eigenvalue weighted by atomic mass is 10.1. The van der Waals surface area contributed by atoms with Crippen LogP contribution >= 0.6 is 0 Å². The maximum Gasteiger partial charge on any atom is 0.262 e. The van der Waals surface area contributed by atoms with Gasteiger partial charge < -0.3 is 15.0 Å². The fraction of sp³-hybridized carbons (Fsp3) is 0.211. The lowest BCUT2D eigenvalue weighted by molar-refractivity contribution is -0.116. The first kappa shape index (κ1) is 16.1. The van der Waals surface area contributed by atoms with Crippen LogP contribution in [0.3, 0.4) is 0 Å². The van der Waals surface area contributed by atoms with Gasteiger partial charge in [0.25, 0.3) is 11.8 Å². The van der Waals surface area contributed by atoms with E-state index in [9.17, 15) is 14.4 Å². The van der Waals surface area contributed by atoms with Gasteiger partial charge in [-0.3, -0.25) is 19.3 Å². The van der Waals surface area contributed by atoms with Crippen LogP contribution in [0.1, 0.15) is 20.7 Å². The Kier molecular flexibility index (Phi) is 3.84. The van der Waals surface area contributed by atoms with Crippen molar-refractivity contribution in [2.75, 3.05) is 37.0 Å². The maximum absolute atomic E-state index is 12.3. The van der Waals surface area contributed by atoms with E-state index in [0.717, 1.165) is 17.1 Å². The Morgan fingerprint density at radius 3 is 2.50 bits per heavy atom. The molecule has 0 atom stereocenters. The average molecular weight is 351 g/mol. The van der Waals surface area contributed by atoms with E-state index >= 15 is 0 Å². The van der Waals surface area contributed by atoms with Crippen molar-refractivity contribution in [3.63, 3.8) is 0 Å². The number of benzene rings is 2. The molecule has 7 nitrogen and oxygen atoms in total. The van der Waals surface area contributed by atoms with Gasteiger partial charge in [-0.05, 0) is 24.3 Å². The molecule has 0 aromatic heterocycles. The van der Waals surface area contributed by atoms with Gasteiger partial charge in [0.15, 0.2) is 0 Å².